The minimum Gasteiger partial charge on any atom is -0.469 e. The highest BCUT2D eigenvalue weighted by molar-refractivity contribution is 6.32. The average Bonchev–Trinajstić information content (AvgIpc) is 2.92. The van der Waals surface area contributed by atoms with Crippen molar-refractivity contribution in [3.05, 3.63) is 29.6 Å². The van der Waals surface area contributed by atoms with Crippen LogP contribution in [0.4, 0.5) is 0 Å². The van der Waals surface area contributed by atoms with E-state index in [0.29, 0.717) is 5.15 Å². The highest BCUT2D eigenvalue weighted by Crippen LogP contribution is 2.36. The quantitative estimate of drug-likeness (QED) is 0.799. The molecule has 2 atom stereocenters. The molecule has 0 aliphatic heterocycles. The van der Waals surface area contributed by atoms with Gasteiger partial charge in [0.2, 0.25) is 0 Å². The highest BCUT2D eigenvalue weighted by atomic mass is 35.5. The molecule has 1 aliphatic rings. The van der Waals surface area contributed by atoms with Gasteiger partial charge in [-0.2, -0.15) is 0 Å². The van der Waals surface area contributed by atoms with Crippen molar-refractivity contribution in [3.63, 3.8) is 0 Å². The van der Waals surface area contributed by atoms with Crippen molar-refractivity contribution in [1.82, 2.24) is 14.4 Å². The molecule has 5 nitrogen and oxygen atoms in total. The van der Waals surface area contributed by atoms with Crippen LogP contribution in [0, 0.1) is 5.92 Å². The number of methoxy groups -OCH3 is 1. The molecule has 0 radical (unpaired) electrons. The zero-order valence-corrected chi connectivity index (χ0v) is 12.0. The number of hydrogen-bond donors (Lipinski definition) is 0. The van der Waals surface area contributed by atoms with Gasteiger partial charge in [0.05, 0.1) is 19.2 Å². The molecule has 2 heterocycles. The van der Waals surface area contributed by atoms with Gasteiger partial charge in [-0.25, -0.2) is 9.97 Å². The summed E-state index contributed by atoms with van der Waals surface area (Å²) >= 11 is 6.06. The van der Waals surface area contributed by atoms with Crippen LogP contribution in [0.2, 0.25) is 5.15 Å². The Balaban J connectivity index is 1.91. The monoisotopic (exact) mass is 293 g/mol. The number of rotatable bonds is 2. The van der Waals surface area contributed by atoms with E-state index < -0.39 is 0 Å². The summed E-state index contributed by atoms with van der Waals surface area (Å²) in [4.78, 5) is 20.3. The summed E-state index contributed by atoms with van der Waals surface area (Å²) in [6, 6.07) is 0. The maximum atomic E-state index is 11.7. The number of esters is 1. The minimum absolute atomic E-state index is 0.0246. The average molecular weight is 294 g/mol. The molecule has 0 bridgehead atoms. The van der Waals surface area contributed by atoms with Crippen LogP contribution in [0.5, 0.6) is 0 Å². The van der Waals surface area contributed by atoms with Crippen LogP contribution in [0.1, 0.15) is 37.4 Å². The first-order valence-corrected chi connectivity index (χ1v) is 7.13. The molecule has 20 heavy (non-hydrogen) atoms. The second-order valence-corrected chi connectivity index (χ2v) is 5.53. The van der Waals surface area contributed by atoms with Gasteiger partial charge < -0.3 is 4.74 Å². The molecule has 6 heteroatoms. The SMILES string of the molecule is COC(=O)C1CCCC(c2ncc3c(Cl)nccn23)C1. The Kier molecular flexibility index (Phi) is 3.61. The third-order valence-corrected chi connectivity index (χ3v) is 4.31. The van der Waals surface area contributed by atoms with E-state index in [0.717, 1.165) is 37.0 Å². The summed E-state index contributed by atoms with van der Waals surface area (Å²) in [7, 11) is 1.45. The summed E-state index contributed by atoms with van der Waals surface area (Å²) in [5.74, 6) is 1.07. The van der Waals surface area contributed by atoms with Crippen molar-refractivity contribution in [3.8, 4) is 0 Å². The van der Waals surface area contributed by atoms with Crippen LogP contribution >= 0.6 is 11.6 Å². The standard InChI is InChI=1S/C14H16ClN3O2/c1-20-14(19)10-4-2-3-9(7-10)13-17-8-11-12(15)16-5-6-18(11)13/h5-6,8-10H,2-4,7H2,1H3. The summed E-state index contributed by atoms with van der Waals surface area (Å²) in [6.07, 6.45) is 9.00. The van der Waals surface area contributed by atoms with E-state index in [2.05, 4.69) is 9.97 Å². The molecule has 1 fully saturated rings. The fourth-order valence-corrected chi connectivity index (χ4v) is 3.22. The lowest BCUT2D eigenvalue weighted by atomic mass is 9.81. The van der Waals surface area contributed by atoms with Crippen molar-refractivity contribution in [2.75, 3.05) is 7.11 Å². The number of fused-ring (bicyclic) bond motifs is 1. The molecule has 2 aromatic heterocycles. The molecule has 1 saturated carbocycles. The molecule has 0 aromatic carbocycles. The van der Waals surface area contributed by atoms with Crippen molar-refractivity contribution in [1.29, 1.82) is 0 Å². The number of carbonyl (C=O) groups is 1. The number of carbonyl (C=O) groups excluding carboxylic acids is 1. The van der Waals surface area contributed by atoms with E-state index in [1.807, 2.05) is 10.6 Å². The number of imidazole rings is 1. The molecule has 3 rings (SSSR count). The van der Waals surface area contributed by atoms with Crippen LogP contribution in [-0.2, 0) is 9.53 Å². The van der Waals surface area contributed by atoms with Gasteiger partial charge >= 0.3 is 5.97 Å². The summed E-state index contributed by atoms with van der Waals surface area (Å²) < 4.78 is 6.84. The van der Waals surface area contributed by atoms with Gasteiger partial charge in [-0.15, -0.1) is 0 Å². The molecule has 0 amide bonds. The predicted molar refractivity (Wildman–Crippen MR) is 74.7 cm³/mol. The van der Waals surface area contributed by atoms with Crippen molar-refractivity contribution in [2.45, 2.75) is 31.6 Å². The predicted octanol–water partition coefficient (Wildman–Crippen LogP) is 2.83. The van der Waals surface area contributed by atoms with Gasteiger partial charge in [0, 0.05) is 18.3 Å². The van der Waals surface area contributed by atoms with Gasteiger partial charge in [0.25, 0.3) is 0 Å². The lowest BCUT2D eigenvalue weighted by Gasteiger charge is -2.26. The molecule has 2 aromatic rings. The third kappa shape index (κ3) is 2.26. The zero-order chi connectivity index (χ0) is 14.1. The van der Waals surface area contributed by atoms with Crippen LogP contribution in [0.15, 0.2) is 18.6 Å². The van der Waals surface area contributed by atoms with Gasteiger partial charge in [-0.05, 0) is 19.3 Å². The van der Waals surface area contributed by atoms with Crippen molar-refractivity contribution >= 4 is 23.1 Å². The number of aromatic nitrogens is 3. The molecular formula is C14H16ClN3O2. The van der Waals surface area contributed by atoms with Crippen LogP contribution < -0.4 is 0 Å². The van der Waals surface area contributed by atoms with Crippen LogP contribution in [0.25, 0.3) is 5.52 Å². The molecule has 2 unspecified atom stereocenters. The Labute approximate surface area is 121 Å². The van der Waals surface area contributed by atoms with E-state index in [4.69, 9.17) is 16.3 Å². The van der Waals surface area contributed by atoms with Gasteiger partial charge in [-0.3, -0.25) is 9.20 Å². The maximum absolute atomic E-state index is 11.7. The van der Waals surface area contributed by atoms with Gasteiger partial charge in [0.15, 0.2) is 5.15 Å². The summed E-state index contributed by atoms with van der Waals surface area (Å²) in [5, 5.41) is 0.451. The number of ether oxygens (including phenoxy) is 1. The third-order valence-electron chi connectivity index (χ3n) is 4.01. The number of halogens is 1. The van der Waals surface area contributed by atoms with Crippen molar-refractivity contribution in [2.24, 2.45) is 5.92 Å². The van der Waals surface area contributed by atoms with E-state index in [1.54, 1.807) is 12.4 Å². The lowest BCUT2D eigenvalue weighted by molar-refractivity contribution is -0.146. The van der Waals surface area contributed by atoms with E-state index in [9.17, 15) is 4.79 Å². The Bertz CT molecular complexity index is 640. The highest BCUT2D eigenvalue weighted by Gasteiger charge is 2.30. The zero-order valence-electron chi connectivity index (χ0n) is 11.3. The number of hydrogen-bond acceptors (Lipinski definition) is 4. The van der Waals surface area contributed by atoms with Crippen LogP contribution in [-0.4, -0.2) is 27.4 Å². The first kappa shape index (κ1) is 13.4. The number of nitrogens with zero attached hydrogens (tertiary/aromatic N) is 3. The van der Waals surface area contributed by atoms with Gasteiger partial charge in [-0.1, -0.05) is 18.0 Å². The molecular weight excluding hydrogens is 278 g/mol. The van der Waals surface area contributed by atoms with E-state index in [-0.39, 0.29) is 17.8 Å². The van der Waals surface area contributed by atoms with Crippen molar-refractivity contribution < 1.29 is 9.53 Å². The molecule has 0 saturated heterocycles. The molecule has 1 aliphatic carbocycles. The second-order valence-electron chi connectivity index (χ2n) is 5.17. The Morgan fingerprint density at radius 2 is 2.30 bits per heavy atom. The summed E-state index contributed by atoms with van der Waals surface area (Å²) in [5.41, 5.74) is 0.810. The first-order chi connectivity index (χ1) is 9.70. The second kappa shape index (κ2) is 5.40. The summed E-state index contributed by atoms with van der Waals surface area (Å²) in [6.45, 7) is 0. The minimum atomic E-state index is -0.115. The molecule has 0 N–H and O–H groups in total. The Hall–Kier alpha value is -1.62. The first-order valence-electron chi connectivity index (χ1n) is 6.76. The smallest absolute Gasteiger partial charge is 0.308 e. The normalized spacial score (nSPS) is 22.9. The van der Waals surface area contributed by atoms with Gasteiger partial charge in [0.1, 0.15) is 11.3 Å². The fourth-order valence-electron chi connectivity index (χ4n) is 3.02. The molecule has 106 valence electrons. The van der Waals surface area contributed by atoms with E-state index >= 15 is 0 Å². The fraction of sp³-hybridized carbons (Fsp3) is 0.500. The largest absolute Gasteiger partial charge is 0.469 e. The Morgan fingerprint density at radius 1 is 1.45 bits per heavy atom. The topological polar surface area (TPSA) is 56.5 Å². The molecule has 0 spiro atoms. The van der Waals surface area contributed by atoms with E-state index in [1.165, 1.54) is 7.11 Å². The Morgan fingerprint density at radius 3 is 3.10 bits per heavy atom. The van der Waals surface area contributed by atoms with Crippen LogP contribution in [0.3, 0.4) is 0 Å². The lowest BCUT2D eigenvalue weighted by Crippen LogP contribution is -2.24. The maximum Gasteiger partial charge on any atom is 0.308 e.